The van der Waals surface area contributed by atoms with Gasteiger partial charge >= 0.3 is 0 Å². The molecule has 3 rings (SSSR count). The smallest absolute Gasteiger partial charge is 0.251 e. The molecule has 1 unspecified atom stereocenters. The fourth-order valence-electron chi connectivity index (χ4n) is 3.31. The number of amides is 1. The van der Waals surface area contributed by atoms with Gasteiger partial charge in [0.05, 0.1) is 11.0 Å². The average molecular weight is 432 g/mol. The van der Waals surface area contributed by atoms with Gasteiger partial charge in [0, 0.05) is 44.5 Å². The molecule has 1 atom stereocenters. The lowest BCUT2D eigenvalue weighted by Gasteiger charge is -2.19. The van der Waals surface area contributed by atoms with Crippen LogP contribution in [0.25, 0.3) is 0 Å². The molecule has 0 radical (unpaired) electrons. The van der Waals surface area contributed by atoms with Crippen LogP contribution in [-0.4, -0.2) is 53.7 Å². The number of benzene rings is 2. The number of sulfonamides is 1. The maximum absolute atomic E-state index is 12.4. The molecule has 0 spiro atoms. The highest BCUT2D eigenvalue weighted by Crippen LogP contribution is 2.14. The molecule has 1 heterocycles. The Hall–Kier alpha value is -2.42. The highest BCUT2D eigenvalue weighted by Gasteiger charge is 2.20. The molecular weight excluding hydrogens is 402 g/mol. The predicted molar refractivity (Wildman–Crippen MR) is 117 cm³/mol. The normalized spacial score (nSPS) is 16.4. The number of carbonyl (C=O) groups excluding carboxylic acids is 1. The number of hydrogen-bond acceptors (Lipinski definition) is 5. The third-order valence-corrected chi connectivity index (χ3v) is 6.54. The minimum absolute atomic E-state index is 0.0641. The Morgan fingerprint density at radius 3 is 2.53 bits per heavy atom. The molecule has 0 aliphatic carbocycles. The molecule has 0 saturated carbocycles. The number of rotatable bonds is 10. The van der Waals surface area contributed by atoms with Crippen LogP contribution in [-0.2, 0) is 14.8 Å². The van der Waals surface area contributed by atoms with Gasteiger partial charge in [-0.25, -0.2) is 13.1 Å². The van der Waals surface area contributed by atoms with E-state index in [9.17, 15) is 13.2 Å². The SMILES string of the molecule is CN(CCCNC(=O)c1ccc(S(=O)(=O)NCC2CCCO2)cc1)c1ccccc1. The van der Waals surface area contributed by atoms with Crippen molar-refractivity contribution in [1.29, 1.82) is 0 Å². The molecule has 7 nitrogen and oxygen atoms in total. The molecule has 162 valence electrons. The number of carbonyl (C=O) groups is 1. The fraction of sp³-hybridized carbons (Fsp3) is 0.409. The zero-order chi connectivity index (χ0) is 21.4. The van der Waals surface area contributed by atoms with Crippen molar-refractivity contribution < 1.29 is 17.9 Å². The van der Waals surface area contributed by atoms with Gasteiger partial charge in [0.15, 0.2) is 0 Å². The molecule has 1 saturated heterocycles. The summed E-state index contributed by atoms with van der Waals surface area (Å²) in [4.78, 5) is 14.6. The number of hydrogen-bond donors (Lipinski definition) is 2. The molecular formula is C22H29N3O4S. The lowest BCUT2D eigenvalue weighted by molar-refractivity contribution is 0.0953. The summed E-state index contributed by atoms with van der Waals surface area (Å²) in [5.74, 6) is -0.214. The summed E-state index contributed by atoms with van der Waals surface area (Å²) in [5, 5.41) is 2.88. The zero-order valence-electron chi connectivity index (χ0n) is 17.2. The summed E-state index contributed by atoms with van der Waals surface area (Å²) in [7, 11) is -1.60. The molecule has 1 aliphatic rings. The highest BCUT2D eigenvalue weighted by molar-refractivity contribution is 7.89. The lowest BCUT2D eigenvalue weighted by atomic mass is 10.2. The Morgan fingerprint density at radius 2 is 1.87 bits per heavy atom. The molecule has 2 aromatic rings. The lowest BCUT2D eigenvalue weighted by Crippen LogP contribution is -2.32. The number of anilines is 1. The number of nitrogens with zero attached hydrogens (tertiary/aromatic N) is 1. The van der Waals surface area contributed by atoms with Crippen molar-refractivity contribution >= 4 is 21.6 Å². The van der Waals surface area contributed by atoms with Crippen LogP contribution in [0.5, 0.6) is 0 Å². The van der Waals surface area contributed by atoms with Crippen molar-refractivity contribution in [3.05, 3.63) is 60.2 Å². The van der Waals surface area contributed by atoms with Gasteiger partial charge < -0.3 is 15.0 Å². The van der Waals surface area contributed by atoms with Crippen LogP contribution in [0.4, 0.5) is 5.69 Å². The summed E-state index contributed by atoms with van der Waals surface area (Å²) >= 11 is 0. The first-order valence-electron chi connectivity index (χ1n) is 10.2. The molecule has 30 heavy (non-hydrogen) atoms. The van der Waals surface area contributed by atoms with Crippen molar-refractivity contribution in [1.82, 2.24) is 10.0 Å². The Balaban J connectivity index is 1.44. The molecule has 2 aromatic carbocycles. The molecule has 1 amide bonds. The first-order chi connectivity index (χ1) is 14.5. The summed E-state index contributed by atoms with van der Waals surface area (Å²) in [6.45, 7) is 2.30. The van der Waals surface area contributed by atoms with Crippen molar-refractivity contribution in [2.75, 3.05) is 38.2 Å². The number of nitrogens with one attached hydrogen (secondary N) is 2. The molecule has 2 N–H and O–H groups in total. The van der Waals surface area contributed by atoms with Crippen LogP contribution in [0.2, 0.25) is 0 Å². The van der Waals surface area contributed by atoms with Gasteiger partial charge in [-0.1, -0.05) is 18.2 Å². The Labute approximate surface area is 178 Å². The summed E-state index contributed by atoms with van der Waals surface area (Å²) < 4.78 is 32.8. The van der Waals surface area contributed by atoms with Gasteiger partial charge in [-0.3, -0.25) is 4.79 Å². The third kappa shape index (κ3) is 6.29. The van der Waals surface area contributed by atoms with Gasteiger partial charge in [0.1, 0.15) is 0 Å². The molecule has 0 bridgehead atoms. The van der Waals surface area contributed by atoms with Gasteiger partial charge in [-0.15, -0.1) is 0 Å². The van der Waals surface area contributed by atoms with E-state index in [2.05, 4.69) is 14.9 Å². The van der Waals surface area contributed by atoms with Crippen molar-refractivity contribution in [2.45, 2.75) is 30.3 Å². The molecule has 8 heteroatoms. The van der Waals surface area contributed by atoms with Gasteiger partial charge in [-0.2, -0.15) is 0 Å². The van der Waals surface area contributed by atoms with Crippen LogP contribution in [0, 0.1) is 0 Å². The van der Waals surface area contributed by atoms with Gasteiger partial charge in [-0.05, 0) is 55.7 Å². The van der Waals surface area contributed by atoms with Gasteiger partial charge in [0.25, 0.3) is 5.91 Å². The monoisotopic (exact) mass is 431 g/mol. The number of para-hydroxylation sites is 1. The van der Waals surface area contributed by atoms with Gasteiger partial charge in [0.2, 0.25) is 10.0 Å². The quantitative estimate of drug-likeness (QED) is 0.564. The average Bonchev–Trinajstić information content (AvgIpc) is 3.29. The maximum Gasteiger partial charge on any atom is 0.251 e. The fourth-order valence-corrected chi connectivity index (χ4v) is 4.37. The Morgan fingerprint density at radius 1 is 1.13 bits per heavy atom. The largest absolute Gasteiger partial charge is 0.377 e. The van der Waals surface area contributed by atoms with Crippen LogP contribution >= 0.6 is 0 Å². The standard InChI is InChI=1S/C22H29N3O4S/c1-25(19-7-3-2-4-8-19)15-6-14-23-22(26)18-10-12-21(13-11-18)30(27,28)24-17-20-9-5-16-29-20/h2-4,7-8,10-13,20,24H,5-6,9,14-17H2,1H3,(H,23,26). The Kier molecular flexibility index (Phi) is 7.84. The minimum atomic E-state index is -3.61. The van der Waals surface area contributed by atoms with E-state index in [1.807, 2.05) is 37.4 Å². The van der Waals surface area contributed by atoms with Crippen molar-refractivity contribution in [3.8, 4) is 0 Å². The second-order valence-corrected chi connectivity index (χ2v) is 9.14. The van der Waals surface area contributed by atoms with Crippen molar-refractivity contribution in [2.24, 2.45) is 0 Å². The van der Waals surface area contributed by atoms with E-state index in [0.717, 1.165) is 31.5 Å². The second-order valence-electron chi connectivity index (χ2n) is 7.38. The summed E-state index contributed by atoms with van der Waals surface area (Å²) in [6, 6.07) is 16.0. The predicted octanol–water partition coefficient (Wildman–Crippen LogP) is 2.40. The van der Waals surface area contributed by atoms with Crippen LogP contribution in [0.3, 0.4) is 0 Å². The van der Waals surface area contributed by atoms with E-state index in [4.69, 9.17) is 4.74 Å². The second kappa shape index (κ2) is 10.6. The van der Waals surface area contributed by atoms with E-state index in [-0.39, 0.29) is 23.5 Å². The first kappa shape index (κ1) is 22.3. The molecule has 1 aliphatic heterocycles. The zero-order valence-corrected chi connectivity index (χ0v) is 18.0. The summed E-state index contributed by atoms with van der Waals surface area (Å²) in [5.41, 5.74) is 1.57. The van der Waals surface area contributed by atoms with E-state index in [1.54, 1.807) is 0 Å². The summed E-state index contributed by atoms with van der Waals surface area (Å²) in [6.07, 6.45) is 2.56. The Bertz CT molecular complexity index is 911. The molecule has 1 fully saturated rings. The van der Waals surface area contributed by atoms with Crippen LogP contribution in [0.15, 0.2) is 59.5 Å². The van der Waals surface area contributed by atoms with E-state index < -0.39 is 10.0 Å². The van der Waals surface area contributed by atoms with E-state index in [1.165, 1.54) is 24.3 Å². The third-order valence-electron chi connectivity index (χ3n) is 5.10. The topological polar surface area (TPSA) is 87.7 Å². The highest BCUT2D eigenvalue weighted by atomic mass is 32.2. The molecule has 0 aromatic heterocycles. The first-order valence-corrected chi connectivity index (χ1v) is 11.7. The van der Waals surface area contributed by atoms with E-state index in [0.29, 0.717) is 18.7 Å². The van der Waals surface area contributed by atoms with Crippen molar-refractivity contribution in [3.63, 3.8) is 0 Å². The van der Waals surface area contributed by atoms with Crippen LogP contribution < -0.4 is 14.9 Å². The minimum Gasteiger partial charge on any atom is -0.377 e. The number of ether oxygens (including phenoxy) is 1. The van der Waals surface area contributed by atoms with Crippen LogP contribution in [0.1, 0.15) is 29.6 Å². The maximum atomic E-state index is 12.4. The van der Waals surface area contributed by atoms with E-state index >= 15 is 0 Å².